The van der Waals surface area contributed by atoms with Crippen molar-refractivity contribution in [2.24, 2.45) is 11.8 Å². The topological polar surface area (TPSA) is 67.9 Å². The van der Waals surface area contributed by atoms with Gasteiger partial charge in [-0.05, 0) is 24.8 Å². The van der Waals surface area contributed by atoms with Gasteiger partial charge in [0.2, 0.25) is 11.8 Å². The van der Waals surface area contributed by atoms with E-state index in [0.29, 0.717) is 39.3 Å². The van der Waals surface area contributed by atoms with Gasteiger partial charge in [-0.25, -0.2) is 0 Å². The average Bonchev–Trinajstić information content (AvgIpc) is 3.39. The van der Waals surface area contributed by atoms with E-state index in [1.165, 1.54) is 5.56 Å². The summed E-state index contributed by atoms with van der Waals surface area (Å²) in [6.07, 6.45) is 3.99. The molecular formula is C21H28N2O4. The molecule has 0 bridgehead atoms. The van der Waals surface area contributed by atoms with Gasteiger partial charge in [0.1, 0.15) is 0 Å². The molecule has 6 heteroatoms. The first kappa shape index (κ1) is 18.4. The van der Waals surface area contributed by atoms with E-state index in [9.17, 15) is 9.59 Å². The Labute approximate surface area is 160 Å². The third kappa shape index (κ3) is 4.33. The monoisotopic (exact) mass is 372 g/mol. The number of carbonyl (C=O) groups is 2. The zero-order valence-electron chi connectivity index (χ0n) is 15.7. The van der Waals surface area contributed by atoms with E-state index in [2.05, 4.69) is 17.4 Å². The van der Waals surface area contributed by atoms with Gasteiger partial charge in [-0.1, -0.05) is 30.3 Å². The molecule has 1 aromatic carbocycles. The molecule has 0 aromatic heterocycles. The van der Waals surface area contributed by atoms with E-state index in [0.717, 1.165) is 25.7 Å². The number of ether oxygens (including phenoxy) is 2. The third-order valence-electron chi connectivity index (χ3n) is 5.88. The van der Waals surface area contributed by atoms with E-state index in [1.54, 1.807) is 0 Å². The van der Waals surface area contributed by atoms with Crippen LogP contribution in [0.4, 0.5) is 0 Å². The second kappa shape index (κ2) is 7.98. The lowest BCUT2D eigenvalue weighted by Gasteiger charge is -2.37. The molecule has 1 aliphatic carbocycles. The molecule has 2 unspecified atom stereocenters. The van der Waals surface area contributed by atoms with Crippen molar-refractivity contribution in [3.63, 3.8) is 0 Å². The van der Waals surface area contributed by atoms with Gasteiger partial charge in [0.15, 0.2) is 5.79 Å². The van der Waals surface area contributed by atoms with Gasteiger partial charge in [0, 0.05) is 32.5 Å². The molecule has 4 rings (SSSR count). The maximum absolute atomic E-state index is 12.7. The number of hydrogen-bond donors (Lipinski definition) is 1. The van der Waals surface area contributed by atoms with Crippen LogP contribution in [0.25, 0.3) is 0 Å². The van der Waals surface area contributed by atoms with Crippen molar-refractivity contribution in [3.8, 4) is 0 Å². The Bertz CT molecular complexity index is 662. The molecule has 1 saturated carbocycles. The van der Waals surface area contributed by atoms with E-state index >= 15 is 0 Å². The molecular weight excluding hydrogens is 344 g/mol. The van der Waals surface area contributed by atoms with Gasteiger partial charge >= 0.3 is 0 Å². The molecule has 1 aromatic rings. The van der Waals surface area contributed by atoms with Crippen LogP contribution in [0.1, 0.15) is 31.2 Å². The van der Waals surface area contributed by atoms with E-state index < -0.39 is 5.79 Å². The summed E-state index contributed by atoms with van der Waals surface area (Å²) in [5.74, 6) is -0.608. The minimum absolute atomic E-state index is 0.0253. The number of rotatable bonds is 6. The predicted molar refractivity (Wildman–Crippen MR) is 99.8 cm³/mol. The molecule has 0 radical (unpaired) electrons. The second-order valence-corrected chi connectivity index (χ2v) is 7.76. The Hall–Kier alpha value is -1.92. The fourth-order valence-electron chi connectivity index (χ4n) is 4.13. The van der Waals surface area contributed by atoms with Crippen molar-refractivity contribution in [1.82, 2.24) is 10.2 Å². The van der Waals surface area contributed by atoms with Crippen LogP contribution in [0, 0.1) is 11.8 Å². The summed E-state index contributed by atoms with van der Waals surface area (Å²) >= 11 is 0. The van der Waals surface area contributed by atoms with Crippen LogP contribution in [0.3, 0.4) is 0 Å². The van der Waals surface area contributed by atoms with Crippen LogP contribution < -0.4 is 5.32 Å². The summed E-state index contributed by atoms with van der Waals surface area (Å²) in [7, 11) is 0. The van der Waals surface area contributed by atoms with Crippen molar-refractivity contribution in [2.45, 2.75) is 37.9 Å². The number of carbonyl (C=O) groups excluding carboxylic acids is 2. The number of piperidine rings is 1. The molecule has 27 heavy (non-hydrogen) atoms. The zero-order chi connectivity index (χ0) is 18.7. The largest absolute Gasteiger partial charge is 0.356 e. The highest BCUT2D eigenvalue weighted by Crippen LogP contribution is 2.41. The fraction of sp³-hybridized carbons (Fsp3) is 0.619. The summed E-state index contributed by atoms with van der Waals surface area (Å²) < 4.78 is 11.4. The van der Waals surface area contributed by atoms with Crippen LogP contribution in [0.2, 0.25) is 0 Å². The fourth-order valence-corrected chi connectivity index (χ4v) is 4.13. The van der Waals surface area contributed by atoms with Crippen LogP contribution in [0.5, 0.6) is 0 Å². The minimum Gasteiger partial charge on any atom is -0.356 e. The second-order valence-electron chi connectivity index (χ2n) is 7.76. The molecule has 2 amide bonds. The van der Waals surface area contributed by atoms with Gasteiger partial charge in [0.05, 0.1) is 25.0 Å². The number of likely N-dealkylation sites (tertiary alicyclic amines) is 1. The van der Waals surface area contributed by atoms with Crippen LogP contribution >= 0.6 is 0 Å². The molecule has 1 N–H and O–H groups in total. The highest BCUT2D eigenvalue weighted by atomic mass is 16.7. The standard InChI is InChI=1S/C21H28N2O4/c24-19(22-10-4-7-16-5-2-1-3-6-16)17-15-18(17)20(25)23-11-8-21(9-12-23)26-13-14-27-21/h1-3,5-6,17-18H,4,7-15H2,(H,22,24). The maximum Gasteiger partial charge on any atom is 0.226 e. The Balaban J connectivity index is 1.15. The Kier molecular flexibility index (Phi) is 5.45. The molecule has 2 saturated heterocycles. The summed E-state index contributed by atoms with van der Waals surface area (Å²) in [6.45, 7) is 3.25. The Morgan fingerprint density at radius 3 is 2.48 bits per heavy atom. The van der Waals surface area contributed by atoms with Crippen molar-refractivity contribution in [2.75, 3.05) is 32.8 Å². The first-order chi connectivity index (χ1) is 13.2. The van der Waals surface area contributed by atoms with Crippen molar-refractivity contribution < 1.29 is 19.1 Å². The smallest absolute Gasteiger partial charge is 0.226 e. The number of hydrogen-bond acceptors (Lipinski definition) is 4. The normalized spacial score (nSPS) is 26.1. The third-order valence-corrected chi connectivity index (χ3v) is 5.88. The lowest BCUT2D eigenvalue weighted by atomic mass is 10.0. The van der Waals surface area contributed by atoms with E-state index in [1.807, 2.05) is 23.1 Å². The first-order valence-electron chi connectivity index (χ1n) is 10.1. The van der Waals surface area contributed by atoms with Gasteiger partial charge in [-0.3, -0.25) is 9.59 Å². The lowest BCUT2D eigenvalue weighted by Crippen LogP contribution is -2.48. The van der Waals surface area contributed by atoms with Crippen molar-refractivity contribution in [1.29, 1.82) is 0 Å². The first-order valence-corrected chi connectivity index (χ1v) is 10.1. The number of nitrogens with one attached hydrogen (secondary N) is 1. The molecule has 2 atom stereocenters. The number of nitrogens with zero attached hydrogens (tertiary/aromatic N) is 1. The molecule has 1 spiro atoms. The number of aryl methyl sites for hydroxylation is 1. The lowest BCUT2D eigenvalue weighted by molar-refractivity contribution is -0.187. The van der Waals surface area contributed by atoms with Gasteiger partial charge in [-0.2, -0.15) is 0 Å². The SMILES string of the molecule is O=C(NCCCc1ccccc1)C1CC1C(=O)N1CCC2(CC1)OCCO2. The quantitative estimate of drug-likeness (QED) is 0.773. The molecule has 146 valence electrons. The minimum atomic E-state index is -0.462. The zero-order valence-corrected chi connectivity index (χ0v) is 15.7. The summed E-state index contributed by atoms with van der Waals surface area (Å²) in [4.78, 5) is 26.8. The maximum atomic E-state index is 12.7. The van der Waals surface area contributed by atoms with Gasteiger partial charge in [0.25, 0.3) is 0 Å². The Morgan fingerprint density at radius 2 is 1.78 bits per heavy atom. The molecule has 6 nitrogen and oxygen atoms in total. The van der Waals surface area contributed by atoms with Crippen molar-refractivity contribution >= 4 is 11.8 Å². The van der Waals surface area contributed by atoms with Crippen LogP contribution in [-0.2, 0) is 25.5 Å². The summed E-state index contributed by atoms with van der Waals surface area (Å²) in [5.41, 5.74) is 1.28. The predicted octanol–water partition coefficient (Wildman–Crippen LogP) is 1.74. The number of benzene rings is 1. The summed E-state index contributed by atoms with van der Waals surface area (Å²) in [5, 5.41) is 2.99. The molecule has 2 aliphatic heterocycles. The summed E-state index contributed by atoms with van der Waals surface area (Å²) in [6, 6.07) is 10.3. The Morgan fingerprint density at radius 1 is 1.07 bits per heavy atom. The van der Waals surface area contributed by atoms with Gasteiger partial charge < -0.3 is 19.7 Å². The highest BCUT2D eigenvalue weighted by Gasteiger charge is 2.51. The van der Waals surface area contributed by atoms with E-state index in [-0.39, 0.29) is 23.7 Å². The van der Waals surface area contributed by atoms with Crippen LogP contribution in [0.15, 0.2) is 30.3 Å². The van der Waals surface area contributed by atoms with Crippen molar-refractivity contribution in [3.05, 3.63) is 35.9 Å². The number of amides is 2. The van der Waals surface area contributed by atoms with E-state index in [4.69, 9.17) is 9.47 Å². The van der Waals surface area contributed by atoms with Crippen LogP contribution in [-0.4, -0.2) is 55.3 Å². The molecule has 3 aliphatic rings. The molecule has 3 fully saturated rings. The average molecular weight is 372 g/mol. The highest BCUT2D eigenvalue weighted by molar-refractivity contribution is 5.92. The van der Waals surface area contributed by atoms with Gasteiger partial charge in [-0.15, -0.1) is 0 Å². The molecule has 2 heterocycles.